The first-order valence-corrected chi connectivity index (χ1v) is 10.4. The van der Waals surface area contributed by atoms with Crippen LogP contribution < -0.4 is 9.47 Å². The van der Waals surface area contributed by atoms with E-state index in [-0.39, 0.29) is 0 Å². The third kappa shape index (κ3) is 3.10. The van der Waals surface area contributed by atoms with Gasteiger partial charge in [0, 0.05) is 42.5 Å². The van der Waals surface area contributed by atoms with Gasteiger partial charge >= 0.3 is 0 Å². The molecule has 2 bridgehead atoms. The van der Waals surface area contributed by atoms with Crippen LogP contribution in [0, 0.1) is 0 Å². The van der Waals surface area contributed by atoms with Gasteiger partial charge < -0.3 is 9.47 Å². The minimum absolute atomic E-state index is 0.336. The fourth-order valence-electron chi connectivity index (χ4n) is 5.23. The van der Waals surface area contributed by atoms with E-state index in [4.69, 9.17) is 9.47 Å². The molecule has 0 radical (unpaired) electrons. The van der Waals surface area contributed by atoms with Crippen molar-refractivity contribution >= 4 is 0 Å². The molecular weight excluding hydrogens is 336 g/mol. The molecule has 1 saturated heterocycles. The summed E-state index contributed by atoms with van der Waals surface area (Å²) in [6.45, 7) is 0.920. The van der Waals surface area contributed by atoms with Crippen LogP contribution in [0.25, 0.3) is 0 Å². The Balaban J connectivity index is 1.44. The molecule has 3 heterocycles. The SMILES string of the molecule is COc1cccc(CN2[C@@H]3CC[C@@H]2c2cccnc2C3)c1OC1CCCC1. The van der Waals surface area contributed by atoms with Gasteiger partial charge in [0.15, 0.2) is 11.5 Å². The Labute approximate surface area is 161 Å². The summed E-state index contributed by atoms with van der Waals surface area (Å²) in [5, 5.41) is 0. The van der Waals surface area contributed by atoms with Gasteiger partial charge in [-0.05, 0) is 56.2 Å². The van der Waals surface area contributed by atoms with E-state index in [1.807, 2.05) is 12.3 Å². The highest BCUT2D eigenvalue weighted by Gasteiger charge is 2.40. The van der Waals surface area contributed by atoms with Crippen molar-refractivity contribution in [1.82, 2.24) is 9.88 Å². The maximum Gasteiger partial charge on any atom is 0.166 e. The molecule has 3 aliphatic rings. The molecule has 2 aromatic rings. The van der Waals surface area contributed by atoms with Gasteiger partial charge in [0.2, 0.25) is 0 Å². The number of hydrogen-bond acceptors (Lipinski definition) is 4. The second-order valence-corrected chi connectivity index (χ2v) is 8.14. The molecule has 0 N–H and O–H groups in total. The number of para-hydroxylation sites is 1. The van der Waals surface area contributed by atoms with Crippen LogP contribution in [0.4, 0.5) is 0 Å². The molecule has 5 rings (SSSR count). The van der Waals surface area contributed by atoms with Crippen LogP contribution >= 0.6 is 0 Å². The van der Waals surface area contributed by atoms with Gasteiger partial charge in [0.1, 0.15) is 0 Å². The zero-order valence-electron chi connectivity index (χ0n) is 16.1. The fraction of sp³-hybridized carbons (Fsp3) is 0.522. The second kappa shape index (κ2) is 7.16. The molecule has 2 aliphatic heterocycles. The summed E-state index contributed by atoms with van der Waals surface area (Å²) in [5.74, 6) is 1.83. The fourth-order valence-corrected chi connectivity index (χ4v) is 5.23. The number of ether oxygens (including phenoxy) is 2. The van der Waals surface area contributed by atoms with E-state index in [1.54, 1.807) is 7.11 Å². The predicted molar refractivity (Wildman–Crippen MR) is 105 cm³/mol. The van der Waals surface area contributed by atoms with Crippen LogP contribution in [0.3, 0.4) is 0 Å². The van der Waals surface area contributed by atoms with Crippen molar-refractivity contribution < 1.29 is 9.47 Å². The Morgan fingerprint density at radius 1 is 1.07 bits per heavy atom. The van der Waals surface area contributed by atoms with Gasteiger partial charge in [-0.15, -0.1) is 0 Å². The molecule has 4 heteroatoms. The molecule has 1 aromatic carbocycles. The molecule has 4 nitrogen and oxygen atoms in total. The summed E-state index contributed by atoms with van der Waals surface area (Å²) in [6.07, 6.45) is 10.7. The minimum atomic E-state index is 0.336. The van der Waals surface area contributed by atoms with Crippen molar-refractivity contribution in [1.29, 1.82) is 0 Å². The van der Waals surface area contributed by atoms with E-state index in [0.29, 0.717) is 18.2 Å². The first kappa shape index (κ1) is 17.1. The maximum absolute atomic E-state index is 6.47. The summed E-state index contributed by atoms with van der Waals surface area (Å²) in [7, 11) is 1.74. The Kier molecular flexibility index (Phi) is 4.52. The van der Waals surface area contributed by atoms with Gasteiger partial charge in [-0.3, -0.25) is 9.88 Å². The number of methoxy groups -OCH3 is 1. The summed E-state index contributed by atoms with van der Waals surface area (Å²) in [4.78, 5) is 7.31. The Bertz CT molecular complexity index is 816. The van der Waals surface area contributed by atoms with Crippen molar-refractivity contribution in [3.05, 3.63) is 53.3 Å². The van der Waals surface area contributed by atoms with Crippen molar-refractivity contribution in [2.24, 2.45) is 0 Å². The lowest BCUT2D eigenvalue weighted by Crippen LogP contribution is -2.37. The summed E-state index contributed by atoms with van der Waals surface area (Å²) < 4.78 is 12.1. The number of fused-ring (bicyclic) bond motifs is 4. The highest BCUT2D eigenvalue weighted by Crippen LogP contribution is 2.45. The Morgan fingerprint density at radius 2 is 1.96 bits per heavy atom. The van der Waals surface area contributed by atoms with Crippen LogP contribution in [0.15, 0.2) is 36.5 Å². The third-order valence-electron chi connectivity index (χ3n) is 6.58. The first-order valence-electron chi connectivity index (χ1n) is 10.4. The van der Waals surface area contributed by atoms with Crippen molar-refractivity contribution in [2.75, 3.05) is 7.11 Å². The second-order valence-electron chi connectivity index (χ2n) is 8.14. The van der Waals surface area contributed by atoms with Gasteiger partial charge in [-0.25, -0.2) is 0 Å². The molecule has 1 aromatic heterocycles. The van der Waals surface area contributed by atoms with Gasteiger partial charge in [-0.1, -0.05) is 18.2 Å². The van der Waals surface area contributed by atoms with Crippen LogP contribution in [-0.2, 0) is 13.0 Å². The zero-order valence-corrected chi connectivity index (χ0v) is 16.1. The quantitative estimate of drug-likeness (QED) is 0.772. The lowest BCUT2D eigenvalue weighted by Gasteiger charge is -2.36. The molecule has 27 heavy (non-hydrogen) atoms. The minimum Gasteiger partial charge on any atom is -0.493 e. The largest absolute Gasteiger partial charge is 0.493 e. The first-order chi connectivity index (χ1) is 13.3. The number of benzene rings is 1. The van der Waals surface area contributed by atoms with Gasteiger partial charge in [0.25, 0.3) is 0 Å². The van der Waals surface area contributed by atoms with Gasteiger partial charge in [0.05, 0.1) is 13.2 Å². The summed E-state index contributed by atoms with van der Waals surface area (Å²) in [5.41, 5.74) is 3.98. The number of hydrogen-bond donors (Lipinski definition) is 0. The predicted octanol–water partition coefficient (Wildman–Crippen LogP) is 4.67. The summed E-state index contributed by atoms with van der Waals surface area (Å²) >= 11 is 0. The molecule has 1 aliphatic carbocycles. The van der Waals surface area contributed by atoms with E-state index in [2.05, 4.69) is 34.1 Å². The van der Waals surface area contributed by atoms with Crippen LogP contribution in [0.1, 0.15) is 61.4 Å². The Hall–Kier alpha value is -2.07. The number of nitrogens with zero attached hydrogens (tertiary/aromatic N) is 2. The lowest BCUT2D eigenvalue weighted by atomic mass is 9.97. The molecule has 0 unspecified atom stereocenters. The molecule has 2 fully saturated rings. The number of pyridine rings is 1. The maximum atomic E-state index is 6.47. The molecule has 2 atom stereocenters. The van der Waals surface area contributed by atoms with E-state index >= 15 is 0 Å². The topological polar surface area (TPSA) is 34.6 Å². The number of rotatable bonds is 5. The van der Waals surface area contributed by atoms with Crippen LogP contribution in [0.2, 0.25) is 0 Å². The van der Waals surface area contributed by atoms with Crippen molar-refractivity contribution in [3.8, 4) is 11.5 Å². The third-order valence-corrected chi connectivity index (χ3v) is 6.58. The number of aromatic nitrogens is 1. The average molecular weight is 364 g/mol. The molecule has 0 amide bonds. The molecular formula is C23H28N2O2. The normalized spacial score (nSPS) is 24.8. The highest BCUT2D eigenvalue weighted by atomic mass is 16.5. The van der Waals surface area contributed by atoms with Crippen molar-refractivity contribution in [3.63, 3.8) is 0 Å². The van der Waals surface area contributed by atoms with E-state index in [9.17, 15) is 0 Å². The van der Waals surface area contributed by atoms with Crippen molar-refractivity contribution in [2.45, 2.75) is 69.7 Å². The molecule has 1 saturated carbocycles. The summed E-state index contributed by atoms with van der Waals surface area (Å²) in [6, 6.07) is 11.7. The Morgan fingerprint density at radius 3 is 2.81 bits per heavy atom. The van der Waals surface area contributed by atoms with E-state index in [1.165, 1.54) is 42.5 Å². The lowest BCUT2D eigenvalue weighted by molar-refractivity contribution is 0.157. The highest BCUT2D eigenvalue weighted by molar-refractivity contribution is 5.47. The zero-order chi connectivity index (χ0) is 18.2. The molecule has 142 valence electrons. The standard InChI is InChI=1S/C23H28N2O2/c1-26-22-10-4-6-16(23(22)27-18-7-2-3-8-18)15-25-17-11-12-21(25)19-9-5-13-24-20(19)14-17/h4-6,9-10,13,17-18,21H,2-3,7-8,11-12,14-15H2,1H3/t17-,21-/m1/s1. The van der Waals surface area contributed by atoms with E-state index < -0.39 is 0 Å². The monoisotopic (exact) mass is 364 g/mol. The van der Waals surface area contributed by atoms with Crippen LogP contribution in [-0.4, -0.2) is 29.1 Å². The molecule has 0 spiro atoms. The average Bonchev–Trinajstić information content (AvgIpc) is 3.30. The van der Waals surface area contributed by atoms with Gasteiger partial charge in [-0.2, -0.15) is 0 Å². The smallest absolute Gasteiger partial charge is 0.166 e. The van der Waals surface area contributed by atoms with Crippen LogP contribution in [0.5, 0.6) is 11.5 Å². The van der Waals surface area contributed by atoms with E-state index in [0.717, 1.165) is 37.3 Å².